The molecule has 0 rings (SSSR count). The molecule has 76 valence electrons. The van der Waals surface area contributed by atoms with Gasteiger partial charge in [0.05, 0.1) is 0 Å². The third-order valence-corrected chi connectivity index (χ3v) is 2.08. The van der Waals surface area contributed by atoms with Crippen molar-refractivity contribution in [3.05, 3.63) is 0 Å². The lowest BCUT2D eigenvalue weighted by Crippen LogP contribution is -2.21. The largest absolute Gasteiger partial charge is 0.299 e. The highest BCUT2D eigenvalue weighted by Gasteiger charge is 2.21. The van der Waals surface area contributed by atoms with Gasteiger partial charge in [0.15, 0.2) is 0 Å². The minimum absolute atomic E-state index is 0.0489. The Hall–Kier alpha value is -0.660. The molecule has 0 aromatic heterocycles. The zero-order chi connectivity index (χ0) is 10.6. The van der Waals surface area contributed by atoms with Crippen molar-refractivity contribution in [3.8, 4) is 0 Å². The van der Waals surface area contributed by atoms with E-state index in [1.165, 1.54) is 0 Å². The first-order valence-electron chi connectivity index (χ1n) is 4.81. The molecule has 0 aromatic carbocycles. The van der Waals surface area contributed by atoms with E-state index in [9.17, 15) is 9.59 Å². The van der Waals surface area contributed by atoms with E-state index in [2.05, 4.69) is 0 Å². The minimum atomic E-state index is -0.308. The fraction of sp³-hybridized carbons (Fsp3) is 0.818. The van der Waals surface area contributed by atoms with Crippen LogP contribution in [0.5, 0.6) is 0 Å². The molecule has 0 fully saturated rings. The lowest BCUT2D eigenvalue weighted by molar-refractivity contribution is -0.129. The Kier molecular flexibility index (Phi) is 4.31. The molecule has 0 aliphatic rings. The highest BCUT2D eigenvalue weighted by Crippen LogP contribution is 2.18. The summed E-state index contributed by atoms with van der Waals surface area (Å²) in [7, 11) is 0. The maximum absolute atomic E-state index is 11.4. The van der Waals surface area contributed by atoms with Crippen molar-refractivity contribution in [1.29, 1.82) is 0 Å². The van der Waals surface area contributed by atoms with Gasteiger partial charge in [-0.3, -0.25) is 9.59 Å². The van der Waals surface area contributed by atoms with Crippen LogP contribution in [0.15, 0.2) is 0 Å². The summed E-state index contributed by atoms with van der Waals surface area (Å²) in [5, 5.41) is 0. The van der Waals surface area contributed by atoms with Gasteiger partial charge in [-0.1, -0.05) is 34.6 Å². The van der Waals surface area contributed by atoms with Crippen LogP contribution in [0.4, 0.5) is 0 Å². The second-order valence-corrected chi connectivity index (χ2v) is 4.79. The normalized spacial score (nSPS) is 11.8. The zero-order valence-corrected chi connectivity index (χ0v) is 9.31. The van der Waals surface area contributed by atoms with Crippen molar-refractivity contribution >= 4 is 11.6 Å². The van der Waals surface area contributed by atoms with Gasteiger partial charge >= 0.3 is 0 Å². The standard InChI is InChI=1S/C11H20O2/c1-8(2)9(12)6-7-10(13)11(3,4)5/h8H,6-7H2,1-5H3. The summed E-state index contributed by atoms with van der Waals surface area (Å²) < 4.78 is 0. The third kappa shape index (κ3) is 4.81. The van der Waals surface area contributed by atoms with Crippen LogP contribution in [0.25, 0.3) is 0 Å². The summed E-state index contributed by atoms with van der Waals surface area (Å²) in [6.07, 6.45) is 0.786. The topological polar surface area (TPSA) is 34.1 Å². The van der Waals surface area contributed by atoms with Crippen LogP contribution in [0.1, 0.15) is 47.5 Å². The number of hydrogen-bond acceptors (Lipinski definition) is 2. The monoisotopic (exact) mass is 184 g/mol. The molecule has 0 heterocycles. The molecule has 0 spiro atoms. The maximum atomic E-state index is 11.4. The van der Waals surface area contributed by atoms with Gasteiger partial charge in [-0.25, -0.2) is 0 Å². The van der Waals surface area contributed by atoms with Crippen molar-refractivity contribution < 1.29 is 9.59 Å². The molecular formula is C11H20O2. The summed E-state index contributed by atoms with van der Waals surface area (Å²) in [6, 6.07) is 0. The molecule has 0 aliphatic heterocycles. The van der Waals surface area contributed by atoms with Gasteiger partial charge in [-0.15, -0.1) is 0 Å². The van der Waals surface area contributed by atoms with Crippen LogP contribution < -0.4 is 0 Å². The number of hydrogen-bond donors (Lipinski definition) is 0. The van der Waals surface area contributed by atoms with Gasteiger partial charge in [0.2, 0.25) is 0 Å². The lowest BCUT2D eigenvalue weighted by Gasteiger charge is -2.16. The van der Waals surface area contributed by atoms with Crippen LogP contribution in [-0.2, 0) is 9.59 Å². The van der Waals surface area contributed by atoms with E-state index < -0.39 is 0 Å². The number of rotatable bonds is 4. The second-order valence-electron chi connectivity index (χ2n) is 4.79. The number of ketones is 2. The maximum Gasteiger partial charge on any atom is 0.138 e. The molecule has 0 saturated carbocycles. The van der Waals surface area contributed by atoms with Crippen LogP contribution >= 0.6 is 0 Å². The van der Waals surface area contributed by atoms with E-state index in [1.54, 1.807) is 0 Å². The van der Waals surface area contributed by atoms with E-state index >= 15 is 0 Å². The number of Topliss-reactive ketones (excluding diaryl/α,β-unsaturated/α-hetero) is 2. The smallest absolute Gasteiger partial charge is 0.138 e. The molecule has 0 atom stereocenters. The lowest BCUT2D eigenvalue weighted by atomic mass is 9.87. The van der Waals surface area contributed by atoms with Crippen molar-refractivity contribution in [2.75, 3.05) is 0 Å². The Morgan fingerprint density at radius 3 is 1.85 bits per heavy atom. The first kappa shape index (κ1) is 12.3. The first-order valence-corrected chi connectivity index (χ1v) is 4.81. The van der Waals surface area contributed by atoms with E-state index in [0.717, 1.165) is 0 Å². The van der Waals surface area contributed by atoms with Crippen molar-refractivity contribution in [3.63, 3.8) is 0 Å². The molecule has 13 heavy (non-hydrogen) atoms. The Labute approximate surface area is 80.7 Å². The Morgan fingerprint density at radius 2 is 1.54 bits per heavy atom. The molecule has 2 heteroatoms. The summed E-state index contributed by atoms with van der Waals surface area (Å²) in [5.41, 5.74) is -0.308. The molecule has 0 saturated heterocycles. The highest BCUT2D eigenvalue weighted by atomic mass is 16.1. The predicted molar refractivity (Wildman–Crippen MR) is 53.5 cm³/mol. The molecule has 0 bridgehead atoms. The van der Waals surface area contributed by atoms with Gasteiger partial charge in [0.25, 0.3) is 0 Å². The van der Waals surface area contributed by atoms with Gasteiger partial charge in [-0.2, -0.15) is 0 Å². The van der Waals surface area contributed by atoms with Crippen molar-refractivity contribution in [2.45, 2.75) is 47.5 Å². The van der Waals surface area contributed by atoms with E-state index in [-0.39, 0.29) is 22.9 Å². The molecular weight excluding hydrogens is 164 g/mol. The predicted octanol–water partition coefficient (Wildman–Crippen LogP) is 2.61. The summed E-state index contributed by atoms with van der Waals surface area (Å²) in [5.74, 6) is 0.395. The van der Waals surface area contributed by atoms with Crippen LogP contribution in [0.3, 0.4) is 0 Å². The fourth-order valence-corrected chi connectivity index (χ4v) is 0.900. The SMILES string of the molecule is CC(C)C(=O)CCC(=O)C(C)(C)C. The average Bonchev–Trinajstić information content (AvgIpc) is 1.97. The van der Waals surface area contributed by atoms with Gasteiger partial charge < -0.3 is 0 Å². The van der Waals surface area contributed by atoms with Gasteiger partial charge in [0, 0.05) is 24.2 Å². The van der Waals surface area contributed by atoms with Crippen LogP contribution in [0, 0.1) is 11.3 Å². The Balaban J connectivity index is 3.92. The number of carbonyl (C=O) groups excluding carboxylic acids is 2. The van der Waals surface area contributed by atoms with Crippen LogP contribution in [0.2, 0.25) is 0 Å². The number of carbonyl (C=O) groups is 2. The average molecular weight is 184 g/mol. The van der Waals surface area contributed by atoms with E-state index in [0.29, 0.717) is 12.8 Å². The van der Waals surface area contributed by atoms with Gasteiger partial charge in [0.1, 0.15) is 11.6 Å². The Morgan fingerprint density at radius 1 is 1.08 bits per heavy atom. The molecule has 0 aromatic rings. The quantitative estimate of drug-likeness (QED) is 0.673. The molecule has 2 nitrogen and oxygen atoms in total. The molecule has 0 amide bonds. The fourth-order valence-electron chi connectivity index (χ4n) is 0.900. The van der Waals surface area contributed by atoms with Gasteiger partial charge in [-0.05, 0) is 0 Å². The highest BCUT2D eigenvalue weighted by molar-refractivity contribution is 5.89. The molecule has 0 N–H and O–H groups in total. The summed E-state index contributed by atoms with van der Waals surface area (Å²) >= 11 is 0. The molecule has 0 radical (unpaired) electrons. The van der Waals surface area contributed by atoms with E-state index in [4.69, 9.17) is 0 Å². The summed E-state index contributed by atoms with van der Waals surface area (Å²) in [6.45, 7) is 9.38. The second kappa shape index (κ2) is 4.54. The van der Waals surface area contributed by atoms with Crippen molar-refractivity contribution in [1.82, 2.24) is 0 Å². The minimum Gasteiger partial charge on any atom is -0.299 e. The first-order chi connectivity index (χ1) is 5.75. The summed E-state index contributed by atoms with van der Waals surface area (Å²) in [4.78, 5) is 22.7. The molecule has 0 unspecified atom stereocenters. The Bertz CT molecular complexity index is 197. The third-order valence-electron chi connectivity index (χ3n) is 2.08. The van der Waals surface area contributed by atoms with Crippen LogP contribution in [-0.4, -0.2) is 11.6 Å². The zero-order valence-electron chi connectivity index (χ0n) is 9.31. The van der Waals surface area contributed by atoms with E-state index in [1.807, 2.05) is 34.6 Å². The van der Waals surface area contributed by atoms with Crippen molar-refractivity contribution in [2.24, 2.45) is 11.3 Å². The molecule has 0 aliphatic carbocycles.